The van der Waals surface area contributed by atoms with Gasteiger partial charge in [0.25, 0.3) is 0 Å². The summed E-state index contributed by atoms with van der Waals surface area (Å²) >= 11 is 0. The second kappa shape index (κ2) is 2.94. The van der Waals surface area contributed by atoms with Crippen molar-refractivity contribution in [3.63, 3.8) is 0 Å². The van der Waals surface area contributed by atoms with Gasteiger partial charge in [0.05, 0.1) is 6.04 Å². The molecule has 1 atom stereocenters. The predicted octanol–water partition coefficient (Wildman–Crippen LogP) is 2.76. The maximum absolute atomic E-state index is 4.37. The Balaban J connectivity index is 2.29. The quantitative estimate of drug-likeness (QED) is 0.594. The molecule has 0 saturated heterocycles. The Kier molecular flexibility index (Phi) is 1.78. The molecule has 12 heavy (non-hydrogen) atoms. The number of benzene rings is 1. The molecule has 1 nitrogen and oxygen atoms in total. The molecule has 0 aromatic heterocycles. The SMILES string of the molecule is CC1=CC(c2ccccc2)N=C1. The van der Waals surface area contributed by atoms with Gasteiger partial charge in [-0.3, -0.25) is 4.99 Å². The standard InChI is InChI=1S/C11H11N/c1-9-7-11(12-8-9)10-5-3-2-4-6-10/h2-8,11H,1H3. The number of hydrogen-bond acceptors (Lipinski definition) is 1. The van der Waals surface area contributed by atoms with E-state index in [1.165, 1.54) is 11.1 Å². The molecule has 0 fully saturated rings. The van der Waals surface area contributed by atoms with E-state index in [-0.39, 0.29) is 6.04 Å². The molecule has 0 amide bonds. The second-order valence-electron chi connectivity index (χ2n) is 3.04. The molecule has 0 bridgehead atoms. The van der Waals surface area contributed by atoms with Crippen LogP contribution in [-0.2, 0) is 0 Å². The van der Waals surface area contributed by atoms with Crippen molar-refractivity contribution >= 4 is 6.21 Å². The van der Waals surface area contributed by atoms with E-state index in [1.54, 1.807) is 0 Å². The number of allylic oxidation sites excluding steroid dienone is 1. The maximum Gasteiger partial charge on any atom is 0.0936 e. The van der Waals surface area contributed by atoms with Crippen LogP contribution in [-0.4, -0.2) is 6.21 Å². The number of rotatable bonds is 1. The van der Waals surface area contributed by atoms with E-state index in [4.69, 9.17) is 0 Å². The van der Waals surface area contributed by atoms with Crippen molar-refractivity contribution in [2.24, 2.45) is 4.99 Å². The fourth-order valence-corrected chi connectivity index (χ4v) is 1.37. The van der Waals surface area contributed by atoms with Crippen LogP contribution in [0.4, 0.5) is 0 Å². The highest BCUT2D eigenvalue weighted by molar-refractivity contribution is 5.80. The van der Waals surface area contributed by atoms with Crippen LogP contribution in [0.5, 0.6) is 0 Å². The average molecular weight is 157 g/mol. The van der Waals surface area contributed by atoms with E-state index in [2.05, 4.69) is 30.1 Å². The molecule has 1 heteroatoms. The van der Waals surface area contributed by atoms with Crippen LogP contribution >= 0.6 is 0 Å². The summed E-state index contributed by atoms with van der Waals surface area (Å²) in [7, 11) is 0. The lowest BCUT2D eigenvalue weighted by atomic mass is 10.1. The average Bonchev–Trinajstić information content (AvgIpc) is 2.54. The lowest BCUT2D eigenvalue weighted by Crippen LogP contribution is -1.86. The van der Waals surface area contributed by atoms with Gasteiger partial charge in [0.15, 0.2) is 0 Å². The Morgan fingerprint density at radius 1 is 1.17 bits per heavy atom. The van der Waals surface area contributed by atoms with Crippen LogP contribution < -0.4 is 0 Å². The molecule has 0 radical (unpaired) electrons. The Hall–Kier alpha value is -1.37. The lowest BCUT2D eigenvalue weighted by molar-refractivity contribution is 0.934. The van der Waals surface area contributed by atoms with Crippen molar-refractivity contribution in [1.82, 2.24) is 0 Å². The summed E-state index contributed by atoms with van der Waals surface area (Å²) in [6.45, 7) is 2.08. The van der Waals surface area contributed by atoms with Gasteiger partial charge >= 0.3 is 0 Å². The minimum atomic E-state index is 0.256. The molecule has 1 heterocycles. The molecule has 1 unspecified atom stereocenters. The molecular formula is C11H11N. The van der Waals surface area contributed by atoms with Crippen molar-refractivity contribution in [3.8, 4) is 0 Å². The smallest absolute Gasteiger partial charge is 0.0936 e. The van der Waals surface area contributed by atoms with Crippen LogP contribution in [0.1, 0.15) is 18.5 Å². The first kappa shape index (κ1) is 7.29. The minimum absolute atomic E-state index is 0.256. The normalized spacial score (nSPS) is 21.1. The number of aliphatic imine (C=N–C) groups is 1. The van der Waals surface area contributed by atoms with Gasteiger partial charge in [0.1, 0.15) is 0 Å². The van der Waals surface area contributed by atoms with Crippen LogP contribution in [0.25, 0.3) is 0 Å². The summed E-state index contributed by atoms with van der Waals surface area (Å²) in [5.41, 5.74) is 2.52. The molecule has 0 aliphatic carbocycles. The van der Waals surface area contributed by atoms with E-state index >= 15 is 0 Å². The van der Waals surface area contributed by atoms with Gasteiger partial charge in [0, 0.05) is 6.21 Å². The molecular weight excluding hydrogens is 146 g/mol. The third kappa shape index (κ3) is 1.30. The third-order valence-electron chi connectivity index (χ3n) is 2.00. The number of nitrogens with zero attached hydrogens (tertiary/aromatic N) is 1. The first-order valence-electron chi connectivity index (χ1n) is 4.13. The zero-order valence-corrected chi connectivity index (χ0v) is 7.07. The van der Waals surface area contributed by atoms with Gasteiger partial charge in [-0.25, -0.2) is 0 Å². The molecule has 0 N–H and O–H groups in total. The zero-order valence-electron chi connectivity index (χ0n) is 7.07. The Labute approximate surface area is 72.5 Å². The van der Waals surface area contributed by atoms with E-state index in [0.29, 0.717) is 0 Å². The van der Waals surface area contributed by atoms with Crippen molar-refractivity contribution in [2.75, 3.05) is 0 Å². The van der Waals surface area contributed by atoms with Gasteiger partial charge in [-0.2, -0.15) is 0 Å². The largest absolute Gasteiger partial charge is 0.281 e. The molecule has 1 aliphatic rings. The van der Waals surface area contributed by atoms with E-state index in [0.717, 1.165) is 0 Å². The minimum Gasteiger partial charge on any atom is -0.281 e. The number of hydrogen-bond donors (Lipinski definition) is 0. The summed E-state index contributed by atoms with van der Waals surface area (Å²) < 4.78 is 0. The highest BCUT2D eigenvalue weighted by Gasteiger charge is 2.09. The summed E-state index contributed by atoms with van der Waals surface area (Å²) in [4.78, 5) is 4.37. The topological polar surface area (TPSA) is 12.4 Å². The summed E-state index contributed by atoms with van der Waals surface area (Å²) in [5.74, 6) is 0. The Morgan fingerprint density at radius 2 is 1.92 bits per heavy atom. The first-order chi connectivity index (χ1) is 5.86. The predicted molar refractivity (Wildman–Crippen MR) is 51.4 cm³/mol. The molecule has 1 aromatic carbocycles. The highest BCUT2D eigenvalue weighted by atomic mass is 14.8. The fourth-order valence-electron chi connectivity index (χ4n) is 1.37. The zero-order chi connectivity index (χ0) is 8.39. The molecule has 0 saturated carbocycles. The van der Waals surface area contributed by atoms with Gasteiger partial charge in [-0.05, 0) is 18.1 Å². The van der Waals surface area contributed by atoms with Gasteiger partial charge < -0.3 is 0 Å². The monoisotopic (exact) mass is 157 g/mol. The van der Waals surface area contributed by atoms with Gasteiger partial charge in [0.2, 0.25) is 0 Å². The third-order valence-corrected chi connectivity index (χ3v) is 2.00. The molecule has 1 aliphatic heterocycles. The molecule has 1 aromatic rings. The first-order valence-corrected chi connectivity index (χ1v) is 4.13. The molecule has 2 rings (SSSR count). The fraction of sp³-hybridized carbons (Fsp3) is 0.182. The maximum atomic E-state index is 4.37. The van der Waals surface area contributed by atoms with E-state index in [9.17, 15) is 0 Å². The highest BCUT2D eigenvalue weighted by Crippen LogP contribution is 2.23. The second-order valence-corrected chi connectivity index (χ2v) is 3.04. The van der Waals surface area contributed by atoms with Crippen LogP contribution in [0.3, 0.4) is 0 Å². The summed E-state index contributed by atoms with van der Waals surface area (Å²) in [5, 5.41) is 0. The van der Waals surface area contributed by atoms with Crippen molar-refractivity contribution in [2.45, 2.75) is 13.0 Å². The van der Waals surface area contributed by atoms with Crippen LogP contribution in [0.15, 0.2) is 47.0 Å². The van der Waals surface area contributed by atoms with Gasteiger partial charge in [-0.15, -0.1) is 0 Å². The van der Waals surface area contributed by atoms with Crippen molar-refractivity contribution in [1.29, 1.82) is 0 Å². The molecule has 60 valence electrons. The summed E-state index contributed by atoms with van der Waals surface area (Å²) in [6.07, 6.45) is 4.10. The van der Waals surface area contributed by atoms with Crippen molar-refractivity contribution in [3.05, 3.63) is 47.5 Å². The van der Waals surface area contributed by atoms with Crippen molar-refractivity contribution < 1.29 is 0 Å². The Bertz CT molecular complexity index is 322. The van der Waals surface area contributed by atoms with Crippen LogP contribution in [0.2, 0.25) is 0 Å². The van der Waals surface area contributed by atoms with E-state index < -0.39 is 0 Å². The van der Waals surface area contributed by atoms with E-state index in [1.807, 2.05) is 24.4 Å². The summed E-state index contributed by atoms with van der Waals surface area (Å²) in [6, 6.07) is 10.6. The lowest BCUT2D eigenvalue weighted by Gasteiger charge is -2.02. The van der Waals surface area contributed by atoms with Crippen LogP contribution in [0, 0.1) is 0 Å². The Morgan fingerprint density at radius 3 is 2.50 bits per heavy atom. The van der Waals surface area contributed by atoms with Gasteiger partial charge in [-0.1, -0.05) is 36.4 Å². The molecule has 0 spiro atoms.